The zero-order valence-corrected chi connectivity index (χ0v) is 9.42. The Balaban J connectivity index is 2.03. The Morgan fingerprint density at radius 1 is 1.47 bits per heavy atom. The second-order valence-electron chi connectivity index (χ2n) is 3.92. The van der Waals surface area contributed by atoms with Gasteiger partial charge in [-0.2, -0.15) is 0 Å². The van der Waals surface area contributed by atoms with Gasteiger partial charge in [-0.05, 0) is 19.3 Å². The molecule has 15 heavy (non-hydrogen) atoms. The van der Waals surface area contributed by atoms with Gasteiger partial charge in [0.05, 0.1) is 24.5 Å². The van der Waals surface area contributed by atoms with Gasteiger partial charge in [0.1, 0.15) is 11.0 Å². The summed E-state index contributed by atoms with van der Waals surface area (Å²) in [5, 5.41) is 3.77. The van der Waals surface area contributed by atoms with Crippen molar-refractivity contribution in [2.45, 2.75) is 24.8 Å². The first kappa shape index (κ1) is 10.6. The first-order chi connectivity index (χ1) is 7.24. The molecule has 1 heterocycles. The SMILES string of the molecule is COCC1(Nc2cnc(Cl)cn2)CCC1. The summed E-state index contributed by atoms with van der Waals surface area (Å²) < 4.78 is 5.21. The highest BCUT2D eigenvalue weighted by Crippen LogP contribution is 2.34. The van der Waals surface area contributed by atoms with Gasteiger partial charge in [0.2, 0.25) is 0 Å². The van der Waals surface area contributed by atoms with Crippen molar-refractivity contribution in [3.63, 3.8) is 0 Å². The molecule has 0 spiro atoms. The number of nitrogens with zero attached hydrogens (tertiary/aromatic N) is 2. The van der Waals surface area contributed by atoms with Crippen LogP contribution in [0.2, 0.25) is 5.15 Å². The lowest BCUT2D eigenvalue weighted by Gasteiger charge is -2.42. The van der Waals surface area contributed by atoms with Crippen LogP contribution in [0.25, 0.3) is 0 Å². The number of rotatable bonds is 4. The topological polar surface area (TPSA) is 47.0 Å². The fourth-order valence-electron chi connectivity index (χ4n) is 1.83. The molecule has 1 N–H and O–H groups in total. The van der Waals surface area contributed by atoms with Crippen LogP contribution in [-0.2, 0) is 4.74 Å². The summed E-state index contributed by atoms with van der Waals surface area (Å²) in [4.78, 5) is 8.15. The van der Waals surface area contributed by atoms with Crippen LogP contribution in [0.5, 0.6) is 0 Å². The molecular formula is C10H14ClN3O. The van der Waals surface area contributed by atoms with Crippen molar-refractivity contribution in [1.82, 2.24) is 9.97 Å². The molecule has 0 atom stereocenters. The fourth-order valence-corrected chi connectivity index (χ4v) is 1.93. The van der Waals surface area contributed by atoms with Gasteiger partial charge in [-0.3, -0.25) is 0 Å². The molecule has 82 valence electrons. The van der Waals surface area contributed by atoms with Gasteiger partial charge < -0.3 is 10.1 Å². The molecule has 0 aromatic carbocycles. The van der Waals surface area contributed by atoms with Crippen molar-refractivity contribution in [2.24, 2.45) is 0 Å². The van der Waals surface area contributed by atoms with E-state index in [1.165, 1.54) is 6.42 Å². The summed E-state index contributed by atoms with van der Waals surface area (Å²) in [5.41, 5.74) is 0.0528. The van der Waals surface area contributed by atoms with Crippen molar-refractivity contribution in [1.29, 1.82) is 0 Å². The molecule has 1 aromatic heterocycles. The highest BCUT2D eigenvalue weighted by atomic mass is 35.5. The summed E-state index contributed by atoms with van der Waals surface area (Å²) in [7, 11) is 1.72. The summed E-state index contributed by atoms with van der Waals surface area (Å²) in [6.45, 7) is 0.706. The van der Waals surface area contributed by atoms with Crippen molar-refractivity contribution in [3.05, 3.63) is 17.5 Å². The van der Waals surface area contributed by atoms with Gasteiger partial charge in [-0.25, -0.2) is 9.97 Å². The first-order valence-electron chi connectivity index (χ1n) is 4.99. The van der Waals surface area contributed by atoms with Gasteiger partial charge in [0.25, 0.3) is 0 Å². The molecule has 5 heteroatoms. The van der Waals surface area contributed by atoms with Crippen LogP contribution >= 0.6 is 11.6 Å². The zero-order valence-electron chi connectivity index (χ0n) is 8.66. The first-order valence-corrected chi connectivity index (χ1v) is 5.37. The van der Waals surface area contributed by atoms with Gasteiger partial charge in [0.15, 0.2) is 0 Å². The zero-order chi connectivity index (χ0) is 10.7. The van der Waals surface area contributed by atoms with E-state index in [1.807, 2.05) is 0 Å². The van der Waals surface area contributed by atoms with Gasteiger partial charge in [-0.1, -0.05) is 11.6 Å². The number of hydrogen-bond donors (Lipinski definition) is 1. The van der Waals surface area contributed by atoms with E-state index in [2.05, 4.69) is 15.3 Å². The maximum absolute atomic E-state index is 5.67. The van der Waals surface area contributed by atoms with Gasteiger partial charge in [0, 0.05) is 7.11 Å². The number of hydrogen-bond acceptors (Lipinski definition) is 4. The molecule has 1 fully saturated rings. The van der Waals surface area contributed by atoms with Crippen molar-refractivity contribution in [3.8, 4) is 0 Å². The van der Waals surface area contributed by atoms with Gasteiger partial charge in [-0.15, -0.1) is 0 Å². The summed E-state index contributed by atoms with van der Waals surface area (Å²) >= 11 is 5.67. The monoisotopic (exact) mass is 227 g/mol. The highest BCUT2D eigenvalue weighted by molar-refractivity contribution is 6.29. The van der Waals surface area contributed by atoms with E-state index in [9.17, 15) is 0 Å². The Bertz CT molecular complexity index is 324. The van der Waals surface area contributed by atoms with Crippen LogP contribution in [0.3, 0.4) is 0 Å². The molecule has 0 bridgehead atoms. The van der Waals surface area contributed by atoms with E-state index in [0.29, 0.717) is 11.8 Å². The fraction of sp³-hybridized carbons (Fsp3) is 0.600. The molecule has 0 radical (unpaired) electrons. The van der Waals surface area contributed by atoms with Crippen molar-refractivity contribution < 1.29 is 4.74 Å². The van der Waals surface area contributed by atoms with E-state index in [1.54, 1.807) is 19.5 Å². The van der Waals surface area contributed by atoms with E-state index in [-0.39, 0.29) is 5.54 Å². The maximum atomic E-state index is 5.67. The normalized spacial score (nSPS) is 18.3. The number of ether oxygens (including phenoxy) is 1. The molecule has 1 aliphatic carbocycles. The minimum Gasteiger partial charge on any atom is -0.382 e. The van der Waals surface area contributed by atoms with Crippen LogP contribution in [0.4, 0.5) is 5.82 Å². The molecule has 1 aromatic rings. The molecular weight excluding hydrogens is 214 g/mol. The molecule has 2 rings (SSSR count). The van der Waals surface area contributed by atoms with Crippen molar-refractivity contribution in [2.75, 3.05) is 19.0 Å². The van der Waals surface area contributed by atoms with E-state index in [4.69, 9.17) is 16.3 Å². The summed E-state index contributed by atoms with van der Waals surface area (Å²) in [5.74, 6) is 0.760. The Kier molecular flexibility index (Phi) is 3.07. The average molecular weight is 228 g/mol. The lowest BCUT2D eigenvalue weighted by molar-refractivity contribution is 0.0980. The van der Waals surface area contributed by atoms with E-state index in [0.717, 1.165) is 18.7 Å². The predicted molar refractivity (Wildman–Crippen MR) is 59.1 cm³/mol. The predicted octanol–water partition coefficient (Wildman–Crippen LogP) is 2.11. The van der Waals surface area contributed by atoms with E-state index < -0.39 is 0 Å². The molecule has 0 amide bonds. The lowest BCUT2D eigenvalue weighted by atomic mass is 9.77. The standard InChI is InChI=1S/C10H14ClN3O/c1-15-7-10(3-2-4-10)14-9-6-12-8(11)5-13-9/h5-6H,2-4,7H2,1H3,(H,13,14). The number of nitrogens with one attached hydrogen (secondary N) is 1. The lowest BCUT2D eigenvalue weighted by Crippen LogP contribution is -2.49. The Morgan fingerprint density at radius 3 is 2.73 bits per heavy atom. The molecule has 1 aliphatic rings. The molecule has 0 saturated heterocycles. The minimum absolute atomic E-state index is 0.0528. The Labute approximate surface area is 94.0 Å². The smallest absolute Gasteiger partial charge is 0.147 e. The van der Waals surface area contributed by atoms with Gasteiger partial charge >= 0.3 is 0 Å². The third kappa shape index (κ3) is 2.38. The minimum atomic E-state index is 0.0528. The Hall–Kier alpha value is -0.870. The largest absolute Gasteiger partial charge is 0.382 e. The summed E-state index contributed by atoms with van der Waals surface area (Å²) in [6.07, 6.45) is 6.66. The number of anilines is 1. The third-order valence-corrected chi connectivity index (χ3v) is 2.94. The average Bonchev–Trinajstić information content (AvgIpc) is 2.18. The molecule has 0 unspecified atom stereocenters. The van der Waals surface area contributed by atoms with Crippen LogP contribution in [0.1, 0.15) is 19.3 Å². The molecule has 1 saturated carbocycles. The molecule has 0 aliphatic heterocycles. The number of halogens is 1. The van der Waals surface area contributed by atoms with Crippen LogP contribution < -0.4 is 5.32 Å². The third-order valence-electron chi connectivity index (χ3n) is 2.74. The highest BCUT2D eigenvalue weighted by Gasteiger charge is 2.37. The second kappa shape index (κ2) is 4.33. The second-order valence-corrected chi connectivity index (χ2v) is 4.30. The quantitative estimate of drug-likeness (QED) is 0.856. The van der Waals surface area contributed by atoms with Crippen molar-refractivity contribution >= 4 is 17.4 Å². The van der Waals surface area contributed by atoms with Crippen LogP contribution in [0, 0.1) is 0 Å². The Morgan fingerprint density at radius 2 is 2.27 bits per heavy atom. The van der Waals surface area contributed by atoms with E-state index >= 15 is 0 Å². The molecule has 4 nitrogen and oxygen atoms in total. The van der Waals surface area contributed by atoms with Crippen LogP contribution in [-0.4, -0.2) is 29.2 Å². The number of aromatic nitrogens is 2. The number of methoxy groups -OCH3 is 1. The van der Waals surface area contributed by atoms with Crippen LogP contribution in [0.15, 0.2) is 12.4 Å². The maximum Gasteiger partial charge on any atom is 0.147 e. The summed E-state index contributed by atoms with van der Waals surface area (Å²) in [6, 6.07) is 0.